The van der Waals surface area contributed by atoms with Crippen LogP contribution in [0.15, 0.2) is 43.0 Å². The second-order valence-electron chi connectivity index (χ2n) is 8.16. The van der Waals surface area contributed by atoms with Crippen LogP contribution in [0.5, 0.6) is 5.75 Å². The smallest absolute Gasteiger partial charge is 0.257 e. The first-order valence-electron chi connectivity index (χ1n) is 9.54. The van der Waals surface area contributed by atoms with Gasteiger partial charge in [0.2, 0.25) is 0 Å². The molecule has 5 rings (SSSR count). The highest BCUT2D eigenvalue weighted by Crippen LogP contribution is 2.52. The normalized spacial score (nSPS) is 30.7. The number of rotatable bonds is 1. The molecule has 0 aliphatic carbocycles. The Morgan fingerprint density at radius 2 is 2.00 bits per heavy atom. The molecule has 2 aromatic rings. The highest BCUT2D eigenvalue weighted by molar-refractivity contribution is 5.94. The molecule has 0 saturated carbocycles. The van der Waals surface area contributed by atoms with Crippen LogP contribution >= 0.6 is 0 Å². The van der Waals surface area contributed by atoms with E-state index in [4.69, 9.17) is 9.47 Å². The molecule has 1 aromatic carbocycles. The number of para-hydroxylation sites is 1. The van der Waals surface area contributed by atoms with Gasteiger partial charge < -0.3 is 14.4 Å². The van der Waals surface area contributed by atoms with Crippen LogP contribution in [0.4, 0.5) is 0 Å². The molecule has 4 atom stereocenters. The summed E-state index contributed by atoms with van der Waals surface area (Å²) >= 11 is 0. The van der Waals surface area contributed by atoms with Crippen LogP contribution < -0.4 is 4.74 Å². The molecule has 0 N–H and O–H groups in total. The van der Waals surface area contributed by atoms with Crippen LogP contribution in [0.3, 0.4) is 0 Å². The molecule has 0 spiro atoms. The van der Waals surface area contributed by atoms with Crippen LogP contribution in [0.2, 0.25) is 0 Å². The van der Waals surface area contributed by atoms with Crippen molar-refractivity contribution in [3.63, 3.8) is 0 Å². The molecule has 27 heavy (non-hydrogen) atoms. The molecule has 3 aliphatic heterocycles. The number of amides is 1. The van der Waals surface area contributed by atoms with Gasteiger partial charge in [0, 0.05) is 30.4 Å². The zero-order valence-corrected chi connectivity index (χ0v) is 15.5. The van der Waals surface area contributed by atoms with E-state index in [9.17, 15) is 4.79 Å². The fourth-order valence-corrected chi connectivity index (χ4v) is 4.86. The molecule has 0 unspecified atom stereocenters. The molecule has 140 valence electrons. The van der Waals surface area contributed by atoms with Crippen molar-refractivity contribution in [2.24, 2.45) is 5.92 Å². The van der Waals surface area contributed by atoms with Crippen molar-refractivity contribution in [2.45, 2.75) is 50.5 Å². The lowest BCUT2D eigenvalue weighted by Crippen LogP contribution is -2.54. The van der Waals surface area contributed by atoms with Gasteiger partial charge in [0.15, 0.2) is 0 Å². The van der Waals surface area contributed by atoms with Crippen molar-refractivity contribution < 1.29 is 14.3 Å². The monoisotopic (exact) mass is 365 g/mol. The molecule has 3 aliphatic rings. The quantitative estimate of drug-likeness (QED) is 0.777. The lowest BCUT2D eigenvalue weighted by Gasteiger charge is -2.50. The SMILES string of the molecule is CC1(C)Oc2ccccc2[C@@H]2O[C@@H]3CCN(C(=O)c4cncnc4)[C@@H]3C[C@H]21. The second kappa shape index (κ2) is 6.02. The van der Waals surface area contributed by atoms with E-state index in [2.05, 4.69) is 29.9 Å². The number of carbonyl (C=O) groups excluding carboxylic acids is 1. The summed E-state index contributed by atoms with van der Waals surface area (Å²) in [5.41, 5.74) is 1.31. The summed E-state index contributed by atoms with van der Waals surface area (Å²) in [6, 6.07) is 8.21. The highest BCUT2D eigenvalue weighted by atomic mass is 16.5. The van der Waals surface area contributed by atoms with Gasteiger partial charge in [0.05, 0.1) is 23.8 Å². The first-order chi connectivity index (χ1) is 13.0. The van der Waals surface area contributed by atoms with Crippen molar-refractivity contribution in [1.82, 2.24) is 14.9 Å². The minimum Gasteiger partial charge on any atom is -0.487 e. The van der Waals surface area contributed by atoms with Gasteiger partial charge in [-0.05, 0) is 32.8 Å². The topological polar surface area (TPSA) is 64.6 Å². The summed E-state index contributed by atoms with van der Waals surface area (Å²) in [5.74, 6) is 1.09. The maximum absolute atomic E-state index is 13.0. The summed E-state index contributed by atoms with van der Waals surface area (Å²) in [7, 11) is 0. The van der Waals surface area contributed by atoms with Crippen molar-refractivity contribution in [3.05, 3.63) is 54.1 Å². The number of aromatic nitrogens is 2. The van der Waals surface area contributed by atoms with Gasteiger partial charge in [-0.1, -0.05) is 18.2 Å². The van der Waals surface area contributed by atoms with E-state index in [-0.39, 0.29) is 35.7 Å². The number of carbonyl (C=O) groups is 1. The fourth-order valence-electron chi connectivity index (χ4n) is 4.86. The number of hydrogen-bond donors (Lipinski definition) is 0. The number of fused-ring (bicyclic) bond motifs is 4. The summed E-state index contributed by atoms with van der Waals surface area (Å²) in [5, 5.41) is 0. The first kappa shape index (κ1) is 16.7. The number of likely N-dealkylation sites (tertiary alicyclic amines) is 1. The maximum atomic E-state index is 13.0. The zero-order chi connectivity index (χ0) is 18.6. The Balaban J connectivity index is 1.45. The van der Waals surface area contributed by atoms with Crippen molar-refractivity contribution >= 4 is 5.91 Å². The standard InChI is InChI=1S/C21H23N3O3/c1-21(2)15-9-16-18(26-19(15)14-5-3-4-6-17(14)27-21)7-8-24(16)20(25)13-10-22-12-23-11-13/h3-6,10-12,15-16,18-19H,7-9H2,1-2H3/t15-,16-,18-,19+/m1/s1. The Labute approximate surface area is 158 Å². The van der Waals surface area contributed by atoms with Crippen LogP contribution in [0.25, 0.3) is 0 Å². The van der Waals surface area contributed by atoms with Gasteiger partial charge in [0.25, 0.3) is 5.91 Å². The van der Waals surface area contributed by atoms with Crippen molar-refractivity contribution in [1.29, 1.82) is 0 Å². The molecule has 2 saturated heterocycles. The highest BCUT2D eigenvalue weighted by Gasteiger charge is 2.53. The molecule has 6 nitrogen and oxygen atoms in total. The Morgan fingerprint density at radius 1 is 1.22 bits per heavy atom. The third-order valence-electron chi connectivity index (χ3n) is 6.23. The summed E-state index contributed by atoms with van der Waals surface area (Å²) in [6.45, 7) is 4.94. The number of nitrogens with zero attached hydrogens (tertiary/aromatic N) is 3. The Morgan fingerprint density at radius 3 is 2.81 bits per heavy atom. The third-order valence-corrected chi connectivity index (χ3v) is 6.23. The van der Waals surface area contributed by atoms with Crippen LogP contribution in [-0.2, 0) is 4.74 Å². The maximum Gasteiger partial charge on any atom is 0.257 e. The minimum atomic E-state index is -0.350. The zero-order valence-electron chi connectivity index (χ0n) is 15.5. The third kappa shape index (κ3) is 2.62. The van der Waals surface area contributed by atoms with E-state index in [1.165, 1.54) is 6.33 Å². The number of ether oxygens (including phenoxy) is 2. The largest absolute Gasteiger partial charge is 0.487 e. The Hall–Kier alpha value is -2.47. The van der Waals surface area contributed by atoms with Crippen LogP contribution in [0.1, 0.15) is 48.7 Å². The average molecular weight is 365 g/mol. The van der Waals surface area contributed by atoms with E-state index >= 15 is 0 Å². The molecular formula is C21H23N3O3. The van der Waals surface area contributed by atoms with Crippen LogP contribution in [-0.4, -0.2) is 45.1 Å². The summed E-state index contributed by atoms with van der Waals surface area (Å²) in [4.78, 5) is 22.9. The molecule has 4 heterocycles. The summed E-state index contributed by atoms with van der Waals surface area (Å²) in [6.07, 6.45) is 6.41. The van der Waals surface area contributed by atoms with Gasteiger partial charge in [-0.25, -0.2) is 9.97 Å². The lowest BCUT2D eigenvalue weighted by atomic mass is 9.74. The minimum absolute atomic E-state index is 0.0138. The van der Waals surface area contributed by atoms with Gasteiger partial charge >= 0.3 is 0 Å². The molecule has 1 aromatic heterocycles. The van der Waals surface area contributed by atoms with Crippen molar-refractivity contribution in [3.8, 4) is 5.75 Å². The summed E-state index contributed by atoms with van der Waals surface area (Å²) < 4.78 is 12.9. The van der Waals surface area contributed by atoms with Gasteiger partial charge in [-0.2, -0.15) is 0 Å². The number of benzene rings is 1. The second-order valence-corrected chi connectivity index (χ2v) is 8.16. The molecular weight excluding hydrogens is 342 g/mol. The van der Waals surface area contributed by atoms with Gasteiger partial charge in [-0.3, -0.25) is 4.79 Å². The fraction of sp³-hybridized carbons (Fsp3) is 0.476. The number of hydrogen-bond acceptors (Lipinski definition) is 5. The van der Waals surface area contributed by atoms with E-state index in [1.807, 2.05) is 23.1 Å². The van der Waals surface area contributed by atoms with E-state index in [1.54, 1.807) is 12.4 Å². The van der Waals surface area contributed by atoms with Crippen molar-refractivity contribution in [2.75, 3.05) is 6.54 Å². The molecule has 0 bridgehead atoms. The molecule has 1 amide bonds. The van der Waals surface area contributed by atoms with Gasteiger partial charge in [-0.15, -0.1) is 0 Å². The van der Waals surface area contributed by atoms with Crippen LogP contribution in [0, 0.1) is 5.92 Å². The average Bonchev–Trinajstić information content (AvgIpc) is 3.10. The predicted octanol–water partition coefficient (Wildman–Crippen LogP) is 3.01. The molecule has 2 fully saturated rings. The lowest BCUT2D eigenvalue weighted by molar-refractivity contribution is -0.159. The van der Waals surface area contributed by atoms with E-state index in [0.29, 0.717) is 12.1 Å². The van der Waals surface area contributed by atoms with E-state index < -0.39 is 0 Å². The Bertz CT molecular complexity index is 870. The first-order valence-corrected chi connectivity index (χ1v) is 9.54. The van der Waals surface area contributed by atoms with Gasteiger partial charge in [0.1, 0.15) is 17.7 Å². The Kier molecular flexibility index (Phi) is 3.72. The molecule has 6 heteroatoms. The molecule has 0 radical (unpaired) electrons. The van der Waals surface area contributed by atoms with E-state index in [0.717, 1.165) is 24.2 Å². The predicted molar refractivity (Wildman–Crippen MR) is 98.3 cm³/mol.